The van der Waals surface area contributed by atoms with Crippen molar-refractivity contribution in [3.8, 4) is 0 Å². The second-order valence-electron chi connectivity index (χ2n) is 7.95. The zero-order chi connectivity index (χ0) is 13.2. The third-order valence-electron chi connectivity index (χ3n) is 5.82. The van der Waals surface area contributed by atoms with Crippen LogP contribution in [0.2, 0.25) is 0 Å². The van der Waals surface area contributed by atoms with Gasteiger partial charge in [-0.1, -0.05) is 27.7 Å². The molecule has 0 aliphatic heterocycles. The summed E-state index contributed by atoms with van der Waals surface area (Å²) in [4.78, 5) is 0. The minimum absolute atomic E-state index is 0.525. The molecule has 0 bridgehead atoms. The normalized spacial score (nSPS) is 32.0. The average molecular weight is 251 g/mol. The Bertz CT molecular complexity index is 246. The highest BCUT2D eigenvalue weighted by Gasteiger charge is 2.36. The molecule has 1 heteroatoms. The zero-order valence-corrected chi connectivity index (χ0v) is 13.0. The lowest BCUT2D eigenvalue weighted by atomic mass is 9.69. The highest BCUT2D eigenvalue weighted by atomic mass is 15.0. The third-order valence-corrected chi connectivity index (χ3v) is 5.82. The first-order chi connectivity index (χ1) is 8.45. The molecule has 1 nitrogen and oxygen atoms in total. The van der Waals surface area contributed by atoms with Gasteiger partial charge in [-0.05, 0) is 75.2 Å². The first-order valence-electron chi connectivity index (χ1n) is 8.20. The lowest BCUT2D eigenvalue weighted by Gasteiger charge is -2.44. The van der Waals surface area contributed by atoms with Crippen molar-refractivity contribution in [2.75, 3.05) is 6.54 Å². The summed E-state index contributed by atoms with van der Waals surface area (Å²) in [7, 11) is 0. The van der Waals surface area contributed by atoms with Crippen LogP contribution in [-0.2, 0) is 0 Å². The Labute approximate surface area is 114 Å². The van der Waals surface area contributed by atoms with Gasteiger partial charge in [0.1, 0.15) is 0 Å². The number of rotatable bonds is 4. The lowest BCUT2D eigenvalue weighted by molar-refractivity contribution is 0.126. The minimum atomic E-state index is 0.525. The van der Waals surface area contributed by atoms with Crippen LogP contribution >= 0.6 is 0 Å². The molecule has 0 heterocycles. The Morgan fingerprint density at radius 3 is 2.06 bits per heavy atom. The third kappa shape index (κ3) is 3.29. The van der Waals surface area contributed by atoms with E-state index in [-0.39, 0.29) is 0 Å². The molecule has 0 saturated heterocycles. The van der Waals surface area contributed by atoms with E-state index in [0.29, 0.717) is 11.0 Å². The number of hydrogen-bond acceptors (Lipinski definition) is 1. The molecule has 2 rings (SSSR count). The van der Waals surface area contributed by atoms with Crippen LogP contribution in [0.25, 0.3) is 0 Å². The van der Waals surface area contributed by atoms with E-state index in [4.69, 9.17) is 0 Å². The van der Waals surface area contributed by atoms with Gasteiger partial charge in [0.25, 0.3) is 0 Å². The number of nitrogens with one attached hydrogen (secondary N) is 1. The molecule has 0 amide bonds. The highest BCUT2D eigenvalue weighted by Crippen LogP contribution is 2.40. The fourth-order valence-corrected chi connectivity index (χ4v) is 3.85. The summed E-state index contributed by atoms with van der Waals surface area (Å²) in [5, 5.41) is 3.91. The highest BCUT2D eigenvalue weighted by molar-refractivity contribution is 4.95. The van der Waals surface area contributed by atoms with E-state index in [1.165, 1.54) is 57.9 Å². The van der Waals surface area contributed by atoms with Crippen LogP contribution in [0.15, 0.2) is 0 Å². The van der Waals surface area contributed by atoms with Crippen LogP contribution in [0.4, 0.5) is 0 Å². The lowest BCUT2D eigenvalue weighted by Crippen LogP contribution is -2.52. The van der Waals surface area contributed by atoms with Gasteiger partial charge >= 0.3 is 0 Å². The molecule has 0 aromatic carbocycles. The van der Waals surface area contributed by atoms with Gasteiger partial charge in [-0.15, -0.1) is 0 Å². The maximum atomic E-state index is 3.91. The number of hydrogen-bond donors (Lipinski definition) is 1. The molecule has 0 unspecified atom stereocenters. The molecule has 0 spiro atoms. The van der Waals surface area contributed by atoms with E-state index in [1.807, 2.05) is 0 Å². The van der Waals surface area contributed by atoms with Crippen molar-refractivity contribution in [3.05, 3.63) is 0 Å². The van der Waals surface area contributed by atoms with Crippen molar-refractivity contribution in [1.82, 2.24) is 5.32 Å². The van der Waals surface area contributed by atoms with E-state index in [1.54, 1.807) is 0 Å². The molecule has 0 aromatic heterocycles. The topological polar surface area (TPSA) is 12.0 Å². The Morgan fingerprint density at radius 1 is 1.06 bits per heavy atom. The summed E-state index contributed by atoms with van der Waals surface area (Å²) in [6.07, 6.45) is 11.4. The molecule has 0 radical (unpaired) electrons. The quantitative estimate of drug-likeness (QED) is 0.759. The van der Waals surface area contributed by atoms with E-state index < -0.39 is 0 Å². The van der Waals surface area contributed by atoms with Gasteiger partial charge in [0, 0.05) is 5.54 Å². The Kier molecular flexibility index (Phi) is 4.41. The standard InChI is InChI=1S/C17H33N/c1-5-17(11-6-12-17)18-13-14-7-9-15(10-8-14)16(2,3)4/h14-15,18H,5-13H2,1-4H3. The van der Waals surface area contributed by atoms with Gasteiger partial charge in [-0.2, -0.15) is 0 Å². The molecule has 1 N–H and O–H groups in total. The van der Waals surface area contributed by atoms with Gasteiger partial charge < -0.3 is 5.32 Å². The fraction of sp³-hybridized carbons (Fsp3) is 1.00. The predicted molar refractivity (Wildman–Crippen MR) is 79.8 cm³/mol. The Morgan fingerprint density at radius 2 is 1.67 bits per heavy atom. The van der Waals surface area contributed by atoms with Crippen LogP contribution < -0.4 is 5.32 Å². The van der Waals surface area contributed by atoms with Crippen molar-refractivity contribution in [2.45, 2.75) is 84.6 Å². The first-order valence-corrected chi connectivity index (χ1v) is 8.20. The monoisotopic (exact) mass is 251 g/mol. The molecule has 2 aliphatic carbocycles. The Hall–Kier alpha value is -0.0400. The van der Waals surface area contributed by atoms with Crippen molar-refractivity contribution in [1.29, 1.82) is 0 Å². The summed E-state index contributed by atoms with van der Waals surface area (Å²) in [6.45, 7) is 10.9. The van der Waals surface area contributed by atoms with Crippen LogP contribution in [0.1, 0.15) is 79.1 Å². The van der Waals surface area contributed by atoms with Crippen molar-refractivity contribution in [3.63, 3.8) is 0 Å². The Balaban J connectivity index is 1.71. The maximum absolute atomic E-state index is 3.91. The van der Waals surface area contributed by atoms with E-state index in [2.05, 4.69) is 33.0 Å². The fourth-order valence-electron chi connectivity index (χ4n) is 3.85. The second-order valence-corrected chi connectivity index (χ2v) is 7.95. The van der Waals surface area contributed by atoms with E-state index in [0.717, 1.165) is 11.8 Å². The van der Waals surface area contributed by atoms with Crippen LogP contribution in [0.5, 0.6) is 0 Å². The van der Waals surface area contributed by atoms with Crippen LogP contribution in [0, 0.1) is 17.3 Å². The summed E-state index contributed by atoms with van der Waals surface area (Å²) in [5.74, 6) is 1.91. The second kappa shape index (κ2) is 5.53. The van der Waals surface area contributed by atoms with Gasteiger partial charge in [0.15, 0.2) is 0 Å². The summed E-state index contributed by atoms with van der Waals surface area (Å²) in [6, 6.07) is 0. The van der Waals surface area contributed by atoms with E-state index >= 15 is 0 Å². The van der Waals surface area contributed by atoms with Crippen LogP contribution in [-0.4, -0.2) is 12.1 Å². The first kappa shape index (κ1) is 14.4. The molecular formula is C17H33N. The predicted octanol–water partition coefficient (Wildman–Crippen LogP) is 4.76. The van der Waals surface area contributed by atoms with Gasteiger partial charge in [-0.3, -0.25) is 0 Å². The molecular weight excluding hydrogens is 218 g/mol. The summed E-state index contributed by atoms with van der Waals surface area (Å²) >= 11 is 0. The molecule has 2 aliphatic rings. The SMILES string of the molecule is CCC1(NCC2CCC(C(C)(C)C)CC2)CCC1. The van der Waals surface area contributed by atoms with Crippen LogP contribution in [0.3, 0.4) is 0 Å². The molecule has 106 valence electrons. The van der Waals surface area contributed by atoms with Gasteiger partial charge in [0.2, 0.25) is 0 Å². The zero-order valence-electron chi connectivity index (χ0n) is 13.0. The van der Waals surface area contributed by atoms with Crippen molar-refractivity contribution in [2.24, 2.45) is 17.3 Å². The smallest absolute Gasteiger partial charge is 0.0179 e. The summed E-state index contributed by atoms with van der Waals surface area (Å²) in [5.41, 5.74) is 1.07. The van der Waals surface area contributed by atoms with Gasteiger partial charge in [-0.25, -0.2) is 0 Å². The van der Waals surface area contributed by atoms with Gasteiger partial charge in [0.05, 0.1) is 0 Å². The van der Waals surface area contributed by atoms with Crippen molar-refractivity contribution < 1.29 is 0 Å². The summed E-state index contributed by atoms with van der Waals surface area (Å²) < 4.78 is 0. The molecule has 2 saturated carbocycles. The van der Waals surface area contributed by atoms with Crippen molar-refractivity contribution >= 4 is 0 Å². The minimum Gasteiger partial charge on any atom is -0.311 e. The largest absolute Gasteiger partial charge is 0.311 e. The van der Waals surface area contributed by atoms with E-state index in [9.17, 15) is 0 Å². The maximum Gasteiger partial charge on any atom is 0.0179 e. The molecule has 0 atom stereocenters. The molecule has 0 aromatic rings. The molecule has 18 heavy (non-hydrogen) atoms. The molecule has 2 fully saturated rings. The average Bonchev–Trinajstić information content (AvgIpc) is 2.28.